The van der Waals surface area contributed by atoms with E-state index in [2.05, 4.69) is 11.8 Å². The monoisotopic (exact) mass is 170 g/mol. The van der Waals surface area contributed by atoms with Crippen molar-refractivity contribution in [1.29, 1.82) is 0 Å². The number of carbonyl (C=O) groups is 1. The minimum absolute atomic E-state index is 0.283. The van der Waals surface area contributed by atoms with Gasteiger partial charge in [-0.15, -0.1) is 0 Å². The van der Waals surface area contributed by atoms with Crippen molar-refractivity contribution in [2.24, 2.45) is 5.41 Å². The molecule has 3 nitrogen and oxygen atoms in total. The van der Waals surface area contributed by atoms with Crippen molar-refractivity contribution in [1.82, 2.24) is 0 Å². The maximum absolute atomic E-state index is 10.1. The minimum Gasteiger partial charge on any atom is -0.472 e. The Hall–Kier alpha value is -1.01. The summed E-state index contributed by atoms with van der Waals surface area (Å²) >= 11 is 0. The highest BCUT2D eigenvalue weighted by atomic mass is 16.5. The molecule has 0 saturated heterocycles. The number of carboxylic acids is 1. The third-order valence-corrected chi connectivity index (χ3v) is 1.44. The lowest BCUT2D eigenvalue weighted by Crippen LogP contribution is -2.11. The van der Waals surface area contributed by atoms with Crippen LogP contribution in [0, 0.1) is 17.3 Å². The Kier molecular flexibility index (Phi) is 4.38. The highest BCUT2D eigenvalue weighted by Crippen LogP contribution is 2.18. The van der Waals surface area contributed by atoms with Crippen LogP contribution in [0.1, 0.15) is 20.3 Å². The summed E-state index contributed by atoms with van der Waals surface area (Å²) in [4.78, 5) is 10.1. The number of rotatable bonds is 3. The predicted octanol–water partition coefficient (Wildman–Crippen LogP) is 1.14. The Morgan fingerprint density at radius 1 is 1.58 bits per heavy atom. The number of carboxylic acid groups (broad SMARTS) is 1. The fourth-order valence-corrected chi connectivity index (χ4v) is 0.642. The smallest absolute Gasteiger partial charge is 0.381 e. The molecule has 3 heteroatoms. The van der Waals surface area contributed by atoms with Crippen molar-refractivity contribution in [2.75, 3.05) is 13.7 Å². The first-order valence-corrected chi connectivity index (χ1v) is 3.73. The van der Waals surface area contributed by atoms with Gasteiger partial charge in [-0.3, -0.25) is 0 Å². The fraction of sp³-hybridized carbons (Fsp3) is 0.667. The van der Waals surface area contributed by atoms with E-state index in [1.54, 1.807) is 7.11 Å². The van der Waals surface area contributed by atoms with E-state index in [0.29, 0.717) is 6.61 Å². The van der Waals surface area contributed by atoms with Gasteiger partial charge in [-0.2, -0.15) is 0 Å². The van der Waals surface area contributed by atoms with E-state index in [0.717, 1.165) is 6.42 Å². The quantitative estimate of drug-likeness (QED) is 0.646. The minimum atomic E-state index is -1.08. The first-order chi connectivity index (χ1) is 5.48. The van der Waals surface area contributed by atoms with Crippen LogP contribution in [0.15, 0.2) is 0 Å². The Balaban J connectivity index is 4.05. The molecule has 0 radical (unpaired) electrons. The normalized spacial score (nSPS) is 10.2. The molecule has 0 aromatic rings. The zero-order valence-corrected chi connectivity index (χ0v) is 7.68. The summed E-state index contributed by atoms with van der Waals surface area (Å²) in [5.74, 6) is 3.69. The van der Waals surface area contributed by atoms with Crippen LogP contribution in [-0.4, -0.2) is 24.8 Å². The number of ether oxygens (including phenoxy) is 1. The Labute approximate surface area is 72.7 Å². The molecule has 0 atom stereocenters. The predicted molar refractivity (Wildman–Crippen MR) is 45.7 cm³/mol. The lowest BCUT2D eigenvalue weighted by molar-refractivity contribution is -0.130. The van der Waals surface area contributed by atoms with Crippen molar-refractivity contribution in [3.05, 3.63) is 0 Å². The molecule has 0 aliphatic rings. The molecule has 1 N–H and O–H groups in total. The van der Waals surface area contributed by atoms with Crippen LogP contribution in [0.4, 0.5) is 0 Å². The molecule has 0 aliphatic carbocycles. The van der Waals surface area contributed by atoms with Crippen LogP contribution < -0.4 is 0 Å². The number of hydrogen-bond donors (Lipinski definition) is 1. The first kappa shape index (κ1) is 11.0. The molecule has 0 aliphatic heterocycles. The van der Waals surface area contributed by atoms with Crippen molar-refractivity contribution in [2.45, 2.75) is 20.3 Å². The molecule has 12 heavy (non-hydrogen) atoms. The number of hydrogen-bond acceptors (Lipinski definition) is 2. The summed E-state index contributed by atoms with van der Waals surface area (Å²) < 4.78 is 4.87. The molecule has 0 saturated carbocycles. The summed E-state index contributed by atoms with van der Waals surface area (Å²) in [6.07, 6.45) is 0.740. The standard InChI is InChI=1S/C9H14O3/c1-9(2,6-7-12-3)5-4-8(10)11/h6-7H2,1-3H3,(H,10,11). The van der Waals surface area contributed by atoms with Gasteiger partial charge >= 0.3 is 5.97 Å². The van der Waals surface area contributed by atoms with Gasteiger partial charge in [-0.1, -0.05) is 5.92 Å². The number of methoxy groups -OCH3 is 1. The molecule has 0 fully saturated rings. The van der Waals surface area contributed by atoms with Gasteiger partial charge in [0.2, 0.25) is 0 Å². The van der Waals surface area contributed by atoms with Crippen LogP contribution in [0.3, 0.4) is 0 Å². The molecule has 0 unspecified atom stereocenters. The van der Waals surface area contributed by atoms with Gasteiger partial charge in [0, 0.05) is 25.1 Å². The average molecular weight is 170 g/mol. The summed E-state index contributed by atoms with van der Waals surface area (Å²) in [7, 11) is 1.61. The van der Waals surface area contributed by atoms with E-state index in [1.807, 2.05) is 13.8 Å². The van der Waals surface area contributed by atoms with Gasteiger partial charge in [0.15, 0.2) is 0 Å². The van der Waals surface area contributed by atoms with Gasteiger partial charge in [0.25, 0.3) is 0 Å². The van der Waals surface area contributed by atoms with E-state index < -0.39 is 5.97 Å². The van der Waals surface area contributed by atoms with E-state index in [1.165, 1.54) is 0 Å². The lowest BCUT2D eigenvalue weighted by atomic mass is 9.91. The highest BCUT2D eigenvalue weighted by Gasteiger charge is 2.13. The second-order valence-electron chi connectivity index (χ2n) is 3.18. The van der Waals surface area contributed by atoms with E-state index in [9.17, 15) is 4.79 Å². The van der Waals surface area contributed by atoms with Crippen molar-refractivity contribution in [3.63, 3.8) is 0 Å². The van der Waals surface area contributed by atoms with Crippen LogP contribution in [0.25, 0.3) is 0 Å². The summed E-state index contributed by atoms with van der Waals surface area (Å²) in [5, 5.41) is 8.30. The maximum atomic E-state index is 10.1. The third kappa shape index (κ3) is 5.75. The SMILES string of the molecule is COCCC(C)(C)C#CC(=O)O. The molecule has 0 rings (SSSR count). The zero-order valence-electron chi connectivity index (χ0n) is 7.68. The van der Waals surface area contributed by atoms with E-state index in [-0.39, 0.29) is 5.41 Å². The van der Waals surface area contributed by atoms with Crippen LogP contribution >= 0.6 is 0 Å². The first-order valence-electron chi connectivity index (χ1n) is 3.73. The Morgan fingerprint density at radius 2 is 2.17 bits per heavy atom. The molecular formula is C9H14O3. The highest BCUT2D eigenvalue weighted by molar-refractivity contribution is 5.86. The molecule has 0 aromatic carbocycles. The molecule has 0 aromatic heterocycles. The van der Waals surface area contributed by atoms with E-state index in [4.69, 9.17) is 9.84 Å². The van der Waals surface area contributed by atoms with Gasteiger partial charge in [-0.25, -0.2) is 4.79 Å². The van der Waals surface area contributed by atoms with Crippen LogP contribution in [0.2, 0.25) is 0 Å². The largest absolute Gasteiger partial charge is 0.472 e. The average Bonchev–Trinajstić information content (AvgIpc) is 1.98. The Morgan fingerprint density at radius 3 is 2.58 bits per heavy atom. The summed E-state index contributed by atoms with van der Waals surface area (Å²) in [6.45, 7) is 4.38. The topological polar surface area (TPSA) is 46.5 Å². The molecule has 0 spiro atoms. The number of aliphatic carboxylic acids is 1. The molecule has 68 valence electrons. The van der Waals surface area contributed by atoms with Crippen molar-refractivity contribution in [3.8, 4) is 11.8 Å². The summed E-state index contributed by atoms with van der Waals surface area (Å²) in [5.41, 5.74) is -0.283. The van der Waals surface area contributed by atoms with Crippen LogP contribution in [-0.2, 0) is 9.53 Å². The van der Waals surface area contributed by atoms with Gasteiger partial charge < -0.3 is 9.84 Å². The van der Waals surface area contributed by atoms with Crippen molar-refractivity contribution < 1.29 is 14.6 Å². The maximum Gasteiger partial charge on any atom is 0.381 e. The molecular weight excluding hydrogens is 156 g/mol. The zero-order chi connectivity index (χ0) is 9.61. The molecule has 0 amide bonds. The fourth-order valence-electron chi connectivity index (χ4n) is 0.642. The molecule has 0 heterocycles. The van der Waals surface area contributed by atoms with Crippen molar-refractivity contribution >= 4 is 5.97 Å². The molecule has 0 bridgehead atoms. The lowest BCUT2D eigenvalue weighted by Gasteiger charge is -2.15. The van der Waals surface area contributed by atoms with Gasteiger partial charge in [0.1, 0.15) is 0 Å². The van der Waals surface area contributed by atoms with E-state index >= 15 is 0 Å². The second kappa shape index (κ2) is 4.78. The second-order valence-corrected chi connectivity index (χ2v) is 3.18. The third-order valence-electron chi connectivity index (χ3n) is 1.44. The summed E-state index contributed by atoms with van der Waals surface area (Å²) in [6, 6.07) is 0. The van der Waals surface area contributed by atoms with Gasteiger partial charge in [-0.05, 0) is 20.3 Å². The van der Waals surface area contributed by atoms with Crippen LogP contribution in [0.5, 0.6) is 0 Å². The Bertz CT molecular complexity index is 208. The van der Waals surface area contributed by atoms with Gasteiger partial charge in [0.05, 0.1) is 0 Å².